The van der Waals surface area contributed by atoms with Gasteiger partial charge in [-0.2, -0.15) is 0 Å². The van der Waals surface area contributed by atoms with Crippen LogP contribution in [0.25, 0.3) is 0 Å². The topological polar surface area (TPSA) is 208 Å². The molecule has 51 heavy (non-hydrogen) atoms. The van der Waals surface area contributed by atoms with Crippen molar-refractivity contribution in [3.05, 3.63) is 47.8 Å². The zero-order valence-electron chi connectivity index (χ0n) is 30.0. The van der Waals surface area contributed by atoms with Crippen LogP contribution < -0.4 is 15.4 Å². The Morgan fingerprint density at radius 3 is 2.08 bits per heavy atom. The molecule has 2 rings (SSSR count). The van der Waals surface area contributed by atoms with E-state index in [2.05, 4.69) is 51.3 Å². The summed E-state index contributed by atoms with van der Waals surface area (Å²) in [6.45, 7) is 9.27. The second-order valence-corrected chi connectivity index (χ2v) is 14.1. The van der Waals surface area contributed by atoms with Crippen LogP contribution in [-0.2, 0) is 39.8 Å². The number of carbonyl (C=O) groups is 4. The van der Waals surface area contributed by atoms with Crippen LogP contribution >= 0.6 is 11.9 Å². The number of carboxylic acids is 2. The summed E-state index contributed by atoms with van der Waals surface area (Å²) < 4.78 is 23.8. The lowest BCUT2D eigenvalue weighted by Gasteiger charge is -2.32. The van der Waals surface area contributed by atoms with Crippen LogP contribution in [0, 0.1) is 10.8 Å². The third-order valence-corrected chi connectivity index (χ3v) is 8.22. The summed E-state index contributed by atoms with van der Waals surface area (Å²) >= 11 is 1.39. The highest BCUT2D eigenvalue weighted by molar-refractivity contribution is 8.00. The molecule has 284 valence electrons. The highest BCUT2D eigenvalue weighted by Crippen LogP contribution is 2.37. The smallest absolute Gasteiger partial charge is 0.329 e. The lowest BCUT2D eigenvalue weighted by molar-refractivity contribution is -0.148. The molecule has 0 saturated carbocycles. The van der Waals surface area contributed by atoms with E-state index in [1.807, 2.05) is 12.1 Å². The maximum atomic E-state index is 12.4. The van der Waals surface area contributed by atoms with E-state index in [-0.39, 0.29) is 83.2 Å². The van der Waals surface area contributed by atoms with Crippen molar-refractivity contribution in [2.45, 2.75) is 64.7 Å². The van der Waals surface area contributed by atoms with Gasteiger partial charge in [-0.15, -0.1) is 0 Å². The summed E-state index contributed by atoms with van der Waals surface area (Å²) in [5, 5.41) is 23.3. The number of carbonyl (C=O) groups excluding carboxylic acids is 2. The number of unbranched alkanes of at least 4 members (excludes halogenated alkanes) is 1. The van der Waals surface area contributed by atoms with Crippen molar-refractivity contribution in [3.8, 4) is 0 Å². The van der Waals surface area contributed by atoms with Gasteiger partial charge in [0.1, 0.15) is 13.2 Å². The van der Waals surface area contributed by atoms with E-state index >= 15 is 0 Å². The largest absolute Gasteiger partial charge is 0.481 e. The number of rotatable bonds is 28. The number of nitrogens with one attached hydrogen (secondary N) is 3. The van der Waals surface area contributed by atoms with Gasteiger partial charge < -0.3 is 39.8 Å². The number of carboxylic acid groups (broad SMARTS) is 2. The summed E-state index contributed by atoms with van der Waals surface area (Å²) in [5.74, 6) is -2.06. The summed E-state index contributed by atoms with van der Waals surface area (Å²) in [5.41, 5.74) is 0.756. The molecule has 0 bridgehead atoms. The Morgan fingerprint density at radius 2 is 1.43 bits per heavy atom. The van der Waals surface area contributed by atoms with Crippen LogP contribution in [0.5, 0.6) is 0 Å². The Labute approximate surface area is 304 Å². The predicted molar refractivity (Wildman–Crippen MR) is 192 cm³/mol. The van der Waals surface area contributed by atoms with E-state index in [0.717, 1.165) is 30.6 Å². The first-order valence-electron chi connectivity index (χ1n) is 16.9. The van der Waals surface area contributed by atoms with Crippen molar-refractivity contribution in [1.82, 2.24) is 20.6 Å². The van der Waals surface area contributed by atoms with Gasteiger partial charge in [0.25, 0.3) is 5.91 Å². The van der Waals surface area contributed by atoms with E-state index in [0.29, 0.717) is 17.9 Å². The molecule has 0 radical (unpaired) electrons. The first-order valence-corrected chi connectivity index (χ1v) is 17.7. The minimum absolute atomic E-state index is 0.0428. The van der Waals surface area contributed by atoms with Gasteiger partial charge in [-0.25, -0.2) is 14.8 Å². The fourth-order valence-corrected chi connectivity index (χ4v) is 5.75. The normalized spacial score (nSPS) is 11.6. The summed E-state index contributed by atoms with van der Waals surface area (Å²) in [6, 6.07) is 8.23. The lowest BCUT2D eigenvalue weighted by atomic mass is 9.72. The van der Waals surface area contributed by atoms with Crippen LogP contribution in [0.2, 0.25) is 0 Å². The van der Waals surface area contributed by atoms with Crippen molar-refractivity contribution in [1.29, 1.82) is 0 Å². The number of hydrogen-bond donors (Lipinski definition) is 5. The van der Waals surface area contributed by atoms with Crippen molar-refractivity contribution < 1.29 is 48.3 Å². The van der Waals surface area contributed by atoms with Gasteiger partial charge in [0.15, 0.2) is 0 Å². The average molecular weight is 736 g/mol. The Kier molecular flexibility index (Phi) is 20.1. The van der Waals surface area contributed by atoms with Crippen LogP contribution in [-0.4, -0.2) is 110 Å². The number of aromatic nitrogens is 2. The SMILES string of the molecule is CC(C)(CCCCc1cccc(SNc2ncc(C(=O)NCCOCCOCC(=O)NCCOCCOCC(=O)O)cn2)c1)CC(C)(C)C(=O)O. The quantitative estimate of drug-likeness (QED) is 0.0622. The molecule has 5 N–H and O–H groups in total. The average Bonchev–Trinajstić information content (AvgIpc) is 3.07. The minimum atomic E-state index is -1.04. The molecule has 2 aromatic rings. The van der Waals surface area contributed by atoms with E-state index < -0.39 is 17.4 Å². The Balaban J connectivity index is 1.54. The first-order chi connectivity index (χ1) is 24.3. The van der Waals surface area contributed by atoms with Gasteiger partial charge in [-0.05, 0) is 74.6 Å². The molecule has 0 aliphatic carbocycles. The third-order valence-electron chi connectivity index (χ3n) is 7.44. The zero-order valence-corrected chi connectivity index (χ0v) is 30.9. The molecule has 0 fully saturated rings. The molecular weight excluding hydrogens is 682 g/mol. The molecule has 0 unspecified atom stereocenters. The van der Waals surface area contributed by atoms with E-state index in [1.165, 1.54) is 29.9 Å². The number of aliphatic carboxylic acids is 2. The Morgan fingerprint density at radius 1 is 0.804 bits per heavy atom. The molecule has 0 aliphatic rings. The fraction of sp³-hybridized carbons (Fsp3) is 0.600. The summed E-state index contributed by atoms with van der Waals surface area (Å²) in [6.07, 6.45) is 7.47. The first kappa shape index (κ1) is 43.3. The van der Waals surface area contributed by atoms with Gasteiger partial charge in [-0.3, -0.25) is 19.1 Å². The van der Waals surface area contributed by atoms with Crippen LogP contribution in [0.3, 0.4) is 0 Å². The molecule has 0 aliphatic heterocycles. The number of hydrogen-bond acceptors (Lipinski definition) is 12. The minimum Gasteiger partial charge on any atom is -0.481 e. The second kappa shape index (κ2) is 23.6. The van der Waals surface area contributed by atoms with Crippen molar-refractivity contribution in [3.63, 3.8) is 0 Å². The van der Waals surface area contributed by atoms with Gasteiger partial charge in [0, 0.05) is 30.4 Å². The number of ether oxygens (including phenoxy) is 4. The van der Waals surface area contributed by atoms with Crippen molar-refractivity contribution in [2.24, 2.45) is 10.8 Å². The molecular formula is C35H53N5O10S. The van der Waals surface area contributed by atoms with Gasteiger partial charge >= 0.3 is 11.9 Å². The number of nitrogens with zero attached hydrogens (tertiary/aromatic N) is 2. The van der Waals surface area contributed by atoms with E-state index in [9.17, 15) is 24.3 Å². The number of benzene rings is 1. The molecule has 0 spiro atoms. The van der Waals surface area contributed by atoms with Crippen LogP contribution in [0.4, 0.5) is 5.95 Å². The van der Waals surface area contributed by atoms with Crippen LogP contribution in [0.15, 0.2) is 41.6 Å². The van der Waals surface area contributed by atoms with E-state index in [4.69, 9.17) is 24.1 Å². The van der Waals surface area contributed by atoms with Gasteiger partial charge in [0.05, 0.1) is 50.6 Å². The number of amides is 2. The van der Waals surface area contributed by atoms with Crippen LogP contribution in [0.1, 0.15) is 69.3 Å². The summed E-state index contributed by atoms with van der Waals surface area (Å²) in [4.78, 5) is 55.5. The molecule has 0 atom stereocenters. The standard InChI is InChI=1S/C35H53N5O10S/c1-34(2,25-35(3,4)32(45)46)11-6-5-8-26-9-7-10-28(20-26)51-40-33-38-21-27(22-39-33)31(44)37-13-15-48-16-18-49-23-29(41)36-12-14-47-17-19-50-24-30(42)43/h7,9-10,20-22H,5-6,8,11-19,23-25H2,1-4H3,(H,36,41)(H,37,44)(H,42,43)(H,45,46)(H,38,39,40). The molecule has 1 aromatic carbocycles. The molecule has 15 nitrogen and oxygen atoms in total. The van der Waals surface area contributed by atoms with Crippen molar-refractivity contribution in [2.75, 3.05) is 70.7 Å². The Bertz CT molecular complexity index is 1360. The fourth-order valence-electron chi connectivity index (χ4n) is 5.08. The van der Waals surface area contributed by atoms with Crippen molar-refractivity contribution >= 4 is 41.6 Å². The Hall–Kier alpha value is -3.83. The summed E-state index contributed by atoms with van der Waals surface area (Å²) in [7, 11) is 0. The molecule has 16 heteroatoms. The number of aryl methyl sites for hydroxylation is 1. The molecule has 1 aromatic heterocycles. The van der Waals surface area contributed by atoms with Gasteiger partial charge in [-0.1, -0.05) is 32.4 Å². The van der Waals surface area contributed by atoms with Gasteiger partial charge in [0.2, 0.25) is 11.9 Å². The third kappa shape index (κ3) is 20.0. The molecule has 0 saturated heterocycles. The molecule has 2 amide bonds. The lowest BCUT2D eigenvalue weighted by Crippen LogP contribution is -2.31. The maximum Gasteiger partial charge on any atom is 0.329 e. The molecule has 1 heterocycles. The highest BCUT2D eigenvalue weighted by atomic mass is 32.2. The predicted octanol–water partition coefficient (Wildman–Crippen LogP) is 3.83. The highest BCUT2D eigenvalue weighted by Gasteiger charge is 2.34. The number of anilines is 1. The second-order valence-electron chi connectivity index (χ2n) is 13.2. The zero-order chi connectivity index (χ0) is 37.5. The monoisotopic (exact) mass is 735 g/mol. The maximum absolute atomic E-state index is 12.4. The van der Waals surface area contributed by atoms with E-state index in [1.54, 1.807) is 13.8 Å².